The Labute approximate surface area is 136 Å². The van der Waals surface area contributed by atoms with Gasteiger partial charge < -0.3 is 26.1 Å². The lowest BCUT2D eigenvalue weighted by molar-refractivity contribution is -0.939. The normalized spacial score (nSPS) is 17.0. The predicted molar refractivity (Wildman–Crippen MR) is 71.0 cm³/mol. The van der Waals surface area contributed by atoms with Crippen LogP contribution >= 0.6 is 0 Å². The molecule has 122 valence electrons. The second-order valence-electron chi connectivity index (χ2n) is 4.66. The largest absolute Gasteiger partial charge is 1.00 e. The van der Waals surface area contributed by atoms with Gasteiger partial charge in [-0.2, -0.15) is 10.9 Å². The van der Waals surface area contributed by atoms with Crippen LogP contribution in [-0.2, 0) is 9.53 Å². The second-order valence-corrected chi connectivity index (χ2v) is 4.66. The molecule has 22 heavy (non-hydrogen) atoms. The quantitative estimate of drug-likeness (QED) is 0.179. The average molecular weight is 378 g/mol. The Balaban J connectivity index is 0.00000242. The topological polar surface area (TPSA) is 133 Å². The molecule has 2 heterocycles. The van der Waals surface area contributed by atoms with Crippen LogP contribution < -0.4 is 28.2 Å². The molecular weight excluding hydrogens is 362 g/mol. The number of hydrogen-bond acceptors (Lipinski definition) is 7. The number of nitrogens with one attached hydrogen (secondary N) is 1. The highest BCUT2D eigenvalue weighted by molar-refractivity contribution is 5.81. The third-order valence-corrected chi connectivity index (χ3v) is 2.99. The fourth-order valence-corrected chi connectivity index (χ4v) is 1.86. The summed E-state index contributed by atoms with van der Waals surface area (Å²) in [6.45, 7) is 2.23. The fraction of sp³-hybridized carbons (Fsp3) is 0.455. The smallest absolute Gasteiger partial charge is 0.433 e. The summed E-state index contributed by atoms with van der Waals surface area (Å²) in [5, 5.41) is 14.1. The van der Waals surface area contributed by atoms with Crippen molar-refractivity contribution in [2.45, 2.75) is 0 Å². The van der Waals surface area contributed by atoms with Crippen molar-refractivity contribution in [1.29, 1.82) is 0 Å². The maximum Gasteiger partial charge on any atom is 0.433 e. The molecular formula is C11H16BrN5O5. The number of nitrogens with two attached hydrogens (primary N) is 1. The van der Waals surface area contributed by atoms with E-state index >= 15 is 0 Å². The highest BCUT2D eigenvalue weighted by atomic mass is 79.9. The highest BCUT2D eigenvalue weighted by Gasteiger charge is 2.29. The van der Waals surface area contributed by atoms with E-state index in [1.807, 2.05) is 0 Å². The van der Waals surface area contributed by atoms with E-state index in [4.69, 9.17) is 15.0 Å². The van der Waals surface area contributed by atoms with Crippen LogP contribution in [0.15, 0.2) is 21.7 Å². The van der Waals surface area contributed by atoms with Crippen molar-refractivity contribution in [3.8, 4) is 0 Å². The third kappa shape index (κ3) is 5.18. The predicted octanol–water partition coefficient (Wildman–Crippen LogP) is -3.64. The summed E-state index contributed by atoms with van der Waals surface area (Å²) in [4.78, 5) is 21.5. The number of carbonyl (C=O) groups is 1. The Morgan fingerprint density at radius 1 is 1.50 bits per heavy atom. The van der Waals surface area contributed by atoms with Gasteiger partial charge in [0.1, 0.15) is 18.0 Å². The zero-order valence-corrected chi connectivity index (χ0v) is 13.2. The van der Waals surface area contributed by atoms with Gasteiger partial charge in [0.2, 0.25) is 0 Å². The van der Waals surface area contributed by atoms with E-state index in [1.165, 1.54) is 18.3 Å². The first-order valence-corrected chi connectivity index (χ1v) is 6.27. The second kappa shape index (κ2) is 7.98. The number of morpholine rings is 1. The molecule has 0 bridgehead atoms. The molecule has 2 rings (SSSR count). The van der Waals surface area contributed by atoms with E-state index in [1.54, 1.807) is 0 Å². The minimum Gasteiger partial charge on any atom is -1.00 e. The summed E-state index contributed by atoms with van der Waals surface area (Å²) < 4.78 is 10.1. The lowest BCUT2D eigenvalue weighted by Gasteiger charge is -2.34. The number of quaternary nitrogens is 1. The minimum absolute atomic E-state index is 0. The number of halogens is 1. The number of rotatable bonds is 5. The van der Waals surface area contributed by atoms with Crippen molar-refractivity contribution in [3.05, 3.63) is 28.0 Å². The van der Waals surface area contributed by atoms with E-state index in [-0.39, 0.29) is 45.7 Å². The van der Waals surface area contributed by atoms with E-state index in [9.17, 15) is 14.9 Å². The third-order valence-electron chi connectivity index (χ3n) is 2.99. The zero-order chi connectivity index (χ0) is 15.3. The number of nitrogens with zero attached hydrogens (tertiary/aromatic N) is 3. The Morgan fingerprint density at radius 2 is 2.18 bits per heavy atom. The first-order valence-electron chi connectivity index (χ1n) is 6.27. The van der Waals surface area contributed by atoms with Crippen molar-refractivity contribution in [3.63, 3.8) is 0 Å². The molecule has 1 aromatic rings. The van der Waals surface area contributed by atoms with E-state index in [2.05, 4.69) is 10.5 Å². The van der Waals surface area contributed by atoms with Crippen LogP contribution in [0.3, 0.4) is 0 Å². The summed E-state index contributed by atoms with van der Waals surface area (Å²) in [7, 11) is 0. The van der Waals surface area contributed by atoms with Gasteiger partial charge in [0.05, 0.1) is 25.5 Å². The number of ether oxygens (including phenoxy) is 1. The molecule has 3 N–H and O–H groups in total. The molecule has 0 unspecified atom stereocenters. The van der Waals surface area contributed by atoms with Crippen LogP contribution in [-0.4, -0.2) is 54.5 Å². The maximum atomic E-state index is 11.7. The maximum absolute atomic E-state index is 11.7. The highest BCUT2D eigenvalue weighted by Crippen LogP contribution is 2.13. The van der Waals surface area contributed by atoms with Crippen molar-refractivity contribution in [1.82, 2.24) is 5.43 Å². The molecule has 1 aliphatic heterocycles. The monoisotopic (exact) mass is 377 g/mol. The molecule has 1 fully saturated rings. The summed E-state index contributed by atoms with van der Waals surface area (Å²) in [5.74, 6) is 5.47. The van der Waals surface area contributed by atoms with Crippen molar-refractivity contribution in [2.75, 3.05) is 32.8 Å². The Kier molecular flexibility index (Phi) is 6.61. The van der Waals surface area contributed by atoms with Gasteiger partial charge in [-0.05, 0) is 6.07 Å². The molecule has 0 aromatic carbocycles. The number of amides is 1. The first-order chi connectivity index (χ1) is 9.98. The van der Waals surface area contributed by atoms with E-state index in [0.29, 0.717) is 26.3 Å². The molecule has 10 nitrogen and oxygen atoms in total. The number of hydrogen-bond donors (Lipinski definition) is 2. The molecule has 0 aliphatic carbocycles. The minimum atomic E-state index is -0.656. The van der Waals surface area contributed by atoms with Crippen molar-refractivity contribution in [2.24, 2.45) is 10.9 Å². The molecule has 0 atom stereocenters. The van der Waals surface area contributed by atoms with Crippen molar-refractivity contribution < 1.29 is 40.4 Å². The van der Waals surface area contributed by atoms with Crippen LogP contribution in [0, 0.1) is 10.1 Å². The van der Waals surface area contributed by atoms with Gasteiger partial charge in [-0.25, -0.2) is 10.0 Å². The molecule has 1 aliphatic rings. The van der Waals surface area contributed by atoms with Gasteiger partial charge in [-0.15, -0.1) is 0 Å². The summed E-state index contributed by atoms with van der Waals surface area (Å²) >= 11 is 0. The van der Waals surface area contributed by atoms with Gasteiger partial charge >= 0.3 is 5.88 Å². The first kappa shape index (κ1) is 18.2. The molecule has 0 radical (unpaired) electrons. The van der Waals surface area contributed by atoms with Gasteiger partial charge in [0.25, 0.3) is 5.91 Å². The Morgan fingerprint density at radius 3 is 2.77 bits per heavy atom. The average Bonchev–Trinajstić information content (AvgIpc) is 2.88. The number of carbonyl (C=O) groups excluding carboxylic acids is 1. The van der Waals surface area contributed by atoms with E-state index < -0.39 is 4.92 Å². The van der Waals surface area contributed by atoms with Gasteiger partial charge in [-0.3, -0.25) is 14.9 Å². The lowest BCUT2D eigenvalue weighted by atomic mass is 10.4. The molecule has 0 saturated carbocycles. The fourth-order valence-electron chi connectivity index (χ4n) is 1.86. The number of nitro groups is 1. The van der Waals surface area contributed by atoms with Crippen LogP contribution in [0.2, 0.25) is 0 Å². The van der Waals surface area contributed by atoms with Crippen LogP contribution in [0.5, 0.6) is 0 Å². The molecule has 0 spiro atoms. The number of hydrazone groups is 1. The molecule has 1 amide bonds. The van der Waals surface area contributed by atoms with Crippen LogP contribution in [0.4, 0.5) is 5.88 Å². The number of furan rings is 1. The van der Waals surface area contributed by atoms with Gasteiger partial charge in [0.15, 0.2) is 12.3 Å². The zero-order valence-electron chi connectivity index (χ0n) is 11.6. The van der Waals surface area contributed by atoms with E-state index in [0.717, 1.165) is 0 Å². The van der Waals surface area contributed by atoms with Crippen LogP contribution in [0.1, 0.15) is 5.76 Å². The lowest BCUT2D eigenvalue weighted by Crippen LogP contribution is -3.00. The van der Waals surface area contributed by atoms with Crippen molar-refractivity contribution >= 4 is 18.0 Å². The van der Waals surface area contributed by atoms with Gasteiger partial charge in [0, 0.05) is 0 Å². The summed E-state index contributed by atoms with van der Waals surface area (Å²) in [6, 6.07) is 2.59. The Hall–Kier alpha value is -1.82. The molecule has 11 heteroatoms. The van der Waals surface area contributed by atoms with Gasteiger partial charge in [-0.1, -0.05) is 0 Å². The standard InChI is InChI=1S/C11H15N5O5.BrH/c12-16(3-5-20-6-4-16)8-10(17)14-13-7-9-1-2-11(21-9)15(18)19;/h1-2,7H,3-6,8,12H2;1H. The summed E-state index contributed by atoms with van der Waals surface area (Å²) in [5.41, 5.74) is 2.31. The summed E-state index contributed by atoms with van der Waals surface area (Å²) in [6.07, 6.45) is 1.19. The van der Waals surface area contributed by atoms with Crippen LogP contribution in [0.25, 0.3) is 0 Å². The Bertz CT molecular complexity index is 555. The SMILES string of the molecule is N[N+]1(CC(=O)NN=Cc2ccc([N+](=O)[O-])o2)CCOCC1.[Br-]. The molecule has 1 aromatic heterocycles. The molecule has 1 saturated heterocycles.